The molecule has 132 valence electrons. The molecule has 0 aromatic heterocycles. The van der Waals surface area contributed by atoms with Crippen LogP contribution in [0.2, 0.25) is 0 Å². The first-order chi connectivity index (χ1) is 12.6. The quantitative estimate of drug-likeness (QED) is 0.663. The van der Waals surface area contributed by atoms with Crippen LogP contribution < -0.4 is 5.32 Å². The largest absolute Gasteiger partial charge is 0.461 e. The maximum absolute atomic E-state index is 11.9. The van der Waals surface area contributed by atoms with Gasteiger partial charge in [-0.1, -0.05) is 54.1 Å². The Hall–Kier alpha value is -3.14. The molecule has 26 heavy (non-hydrogen) atoms. The van der Waals surface area contributed by atoms with E-state index in [0.29, 0.717) is 0 Å². The number of carbonyl (C=O) groups is 2. The van der Waals surface area contributed by atoms with Crippen LogP contribution in [0.4, 0.5) is 5.69 Å². The molecule has 0 atom stereocenters. The van der Waals surface area contributed by atoms with Crippen LogP contribution in [0.15, 0.2) is 66.7 Å². The van der Waals surface area contributed by atoms with Crippen LogP contribution in [0.5, 0.6) is 0 Å². The molecule has 0 fully saturated rings. The van der Waals surface area contributed by atoms with E-state index in [1.54, 1.807) is 0 Å². The van der Waals surface area contributed by atoms with Crippen LogP contribution >= 0.6 is 0 Å². The molecule has 0 bridgehead atoms. The third-order valence-electron chi connectivity index (χ3n) is 4.11. The summed E-state index contributed by atoms with van der Waals surface area (Å²) < 4.78 is 5.27. The number of esters is 1. The summed E-state index contributed by atoms with van der Waals surface area (Å²) in [7, 11) is 0. The molecule has 0 radical (unpaired) electrons. The second-order valence-corrected chi connectivity index (χ2v) is 6.26. The molecule has 0 aliphatic carbocycles. The number of aryl methyl sites for hydroxylation is 1. The smallest absolute Gasteiger partial charge is 0.306 e. The van der Waals surface area contributed by atoms with Gasteiger partial charge in [-0.2, -0.15) is 0 Å². The predicted octanol–water partition coefficient (Wildman–Crippen LogP) is 4.61. The third-order valence-corrected chi connectivity index (χ3v) is 4.11. The van der Waals surface area contributed by atoms with Crippen LogP contribution in [-0.2, 0) is 20.9 Å². The second kappa shape index (κ2) is 8.30. The molecule has 0 aliphatic heterocycles. The first-order valence-corrected chi connectivity index (χ1v) is 8.60. The number of amides is 1. The van der Waals surface area contributed by atoms with E-state index in [1.807, 2.05) is 73.7 Å². The molecule has 3 aromatic carbocycles. The number of hydrogen-bond acceptors (Lipinski definition) is 3. The monoisotopic (exact) mass is 347 g/mol. The lowest BCUT2D eigenvalue weighted by Crippen LogP contribution is -2.14. The fourth-order valence-electron chi connectivity index (χ4n) is 2.64. The second-order valence-electron chi connectivity index (χ2n) is 6.26. The zero-order chi connectivity index (χ0) is 18.4. The Kier molecular flexibility index (Phi) is 5.64. The molecule has 4 heteroatoms. The number of carbonyl (C=O) groups excluding carboxylic acids is 2. The SMILES string of the molecule is Cc1ccc(NC(=O)CCC(=O)OCc2ccc3ccccc3c2)cc1. The Balaban J connectivity index is 1.44. The molecule has 0 spiro atoms. The maximum atomic E-state index is 11.9. The number of benzene rings is 3. The number of hydrogen-bond donors (Lipinski definition) is 1. The number of fused-ring (bicyclic) bond motifs is 1. The van der Waals surface area contributed by atoms with Gasteiger partial charge in [-0.3, -0.25) is 9.59 Å². The van der Waals surface area contributed by atoms with Gasteiger partial charge in [0.15, 0.2) is 0 Å². The van der Waals surface area contributed by atoms with Crippen molar-refractivity contribution in [3.63, 3.8) is 0 Å². The van der Waals surface area contributed by atoms with E-state index >= 15 is 0 Å². The lowest BCUT2D eigenvalue weighted by molar-refractivity contribution is -0.145. The average molecular weight is 347 g/mol. The van der Waals surface area contributed by atoms with Crippen molar-refractivity contribution in [2.45, 2.75) is 26.4 Å². The Morgan fingerprint density at radius 3 is 2.38 bits per heavy atom. The molecule has 4 nitrogen and oxygen atoms in total. The van der Waals surface area contributed by atoms with Gasteiger partial charge in [0.05, 0.1) is 6.42 Å². The summed E-state index contributed by atoms with van der Waals surface area (Å²) in [4.78, 5) is 23.8. The Bertz CT molecular complexity index is 916. The summed E-state index contributed by atoms with van der Waals surface area (Å²) >= 11 is 0. The van der Waals surface area contributed by atoms with Gasteiger partial charge in [-0.15, -0.1) is 0 Å². The van der Waals surface area contributed by atoms with Gasteiger partial charge < -0.3 is 10.1 Å². The van der Waals surface area contributed by atoms with Crippen molar-refractivity contribution >= 4 is 28.3 Å². The highest BCUT2D eigenvalue weighted by atomic mass is 16.5. The van der Waals surface area contributed by atoms with E-state index < -0.39 is 0 Å². The van der Waals surface area contributed by atoms with Crippen LogP contribution in [-0.4, -0.2) is 11.9 Å². The van der Waals surface area contributed by atoms with Crippen molar-refractivity contribution in [3.8, 4) is 0 Å². The summed E-state index contributed by atoms with van der Waals surface area (Å²) in [5, 5.41) is 5.03. The molecule has 3 rings (SSSR count). The highest BCUT2D eigenvalue weighted by Crippen LogP contribution is 2.16. The highest BCUT2D eigenvalue weighted by molar-refractivity contribution is 5.92. The first-order valence-electron chi connectivity index (χ1n) is 8.60. The van der Waals surface area contributed by atoms with Crippen LogP contribution in [0, 0.1) is 6.92 Å². The molecule has 0 saturated carbocycles. The van der Waals surface area contributed by atoms with Crippen molar-refractivity contribution in [1.82, 2.24) is 0 Å². The van der Waals surface area contributed by atoms with Crippen molar-refractivity contribution in [2.75, 3.05) is 5.32 Å². The fourth-order valence-corrected chi connectivity index (χ4v) is 2.64. The summed E-state index contributed by atoms with van der Waals surface area (Å²) in [6, 6.07) is 21.5. The van der Waals surface area contributed by atoms with Crippen molar-refractivity contribution in [1.29, 1.82) is 0 Å². The van der Waals surface area contributed by atoms with Gasteiger partial charge in [-0.25, -0.2) is 0 Å². The van der Waals surface area contributed by atoms with Gasteiger partial charge in [-0.05, 0) is 41.5 Å². The summed E-state index contributed by atoms with van der Waals surface area (Å²) in [5.74, 6) is -0.575. The predicted molar refractivity (Wildman–Crippen MR) is 103 cm³/mol. The average Bonchev–Trinajstić information content (AvgIpc) is 2.66. The van der Waals surface area contributed by atoms with E-state index in [-0.39, 0.29) is 31.3 Å². The minimum Gasteiger partial charge on any atom is -0.461 e. The van der Waals surface area contributed by atoms with Gasteiger partial charge in [0.1, 0.15) is 6.61 Å². The fraction of sp³-hybridized carbons (Fsp3) is 0.182. The van der Waals surface area contributed by atoms with E-state index in [4.69, 9.17) is 4.74 Å². The summed E-state index contributed by atoms with van der Waals surface area (Å²) in [6.07, 6.45) is 0.162. The minimum absolute atomic E-state index is 0.0608. The number of rotatable bonds is 6. The third kappa shape index (κ3) is 4.93. The minimum atomic E-state index is -0.378. The van der Waals surface area contributed by atoms with Gasteiger partial charge >= 0.3 is 5.97 Å². The van der Waals surface area contributed by atoms with Crippen molar-refractivity contribution < 1.29 is 14.3 Å². The van der Waals surface area contributed by atoms with Gasteiger partial charge in [0.2, 0.25) is 5.91 Å². The number of anilines is 1. The van der Waals surface area contributed by atoms with Crippen molar-refractivity contribution in [2.24, 2.45) is 0 Å². The molecule has 3 aromatic rings. The molecule has 0 heterocycles. The Morgan fingerprint density at radius 1 is 0.885 bits per heavy atom. The van der Waals surface area contributed by atoms with E-state index in [2.05, 4.69) is 5.32 Å². The van der Waals surface area contributed by atoms with E-state index in [0.717, 1.165) is 27.6 Å². The topological polar surface area (TPSA) is 55.4 Å². The zero-order valence-electron chi connectivity index (χ0n) is 14.7. The normalized spacial score (nSPS) is 10.5. The Labute approximate surface area is 152 Å². The maximum Gasteiger partial charge on any atom is 0.306 e. The highest BCUT2D eigenvalue weighted by Gasteiger charge is 2.09. The molecule has 0 unspecified atom stereocenters. The molecule has 1 N–H and O–H groups in total. The van der Waals surface area contributed by atoms with E-state index in [1.165, 1.54) is 0 Å². The van der Waals surface area contributed by atoms with Crippen LogP contribution in [0.1, 0.15) is 24.0 Å². The molecular formula is C22H21NO3. The van der Waals surface area contributed by atoms with Gasteiger partial charge in [0.25, 0.3) is 0 Å². The van der Waals surface area contributed by atoms with E-state index in [9.17, 15) is 9.59 Å². The standard InChI is InChI=1S/C22H21NO3/c1-16-6-10-20(11-7-16)23-21(24)12-13-22(25)26-15-17-8-9-18-4-2-3-5-19(18)14-17/h2-11,14H,12-13,15H2,1H3,(H,23,24). The van der Waals surface area contributed by atoms with Crippen molar-refractivity contribution in [3.05, 3.63) is 77.9 Å². The zero-order valence-corrected chi connectivity index (χ0v) is 14.7. The number of ether oxygens (including phenoxy) is 1. The lowest BCUT2D eigenvalue weighted by atomic mass is 10.1. The van der Waals surface area contributed by atoms with Gasteiger partial charge in [0, 0.05) is 12.1 Å². The van der Waals surface area contributed by atoms with Crippen LogP contribution in [0.3, 0.4) is 0 Å². The molecule has 0 saturated heterocycles. The summed E-state index contributed by atoms with van der Waals surface area (Å²) in [5.41, 5.74) is 2.78. The lowest BCUT2D eigenvalue weighted by Gasteiger charge is -2.07. The number of nitrogens with one attached hydrogen (secondary N) is 1. The van der Waals surface area contributed by atoms with Crippen LogP contribution in [0.25, 0.3) is 10.8 Å². The Morgan fingerprint density at radius 2 is 1.62 bits per heavy atom. The first kappa shape index (κ1) is 17.7. The summed E-state index contributed by atoms with van der Waals surface area (Å²) in [6.45, 7) is 2.19. The molecular weight excluding hydrogens is 326 g/mol. The molecule has 1 amide bonds. The molecule has 0 aliphatic rings.